The predicted octanol–water partition coefficient (Wildman–Crippen LogP) is 3.76. The van der Waals surface area contributed by atoms with E-state index in [9.17, 15) is 0 Å². The second-order valence-electron chi connectivity index (χ2n) is 4.13. The minimum absolute atomic E-state index is 0.349. The number of aromatic nitrogens is 3. The minimum Gasteiger partial charge on any atom is -0.333 e. The first kappa shape index (κ1) is 11.9. The first-order chi connectivity index (χ1) is 9.24. The lowest BCUT2D eigenvalue weighted by Gasteiger charge is -1.96. The predicted molar refractivity (Wildman–Crippen MR) is 72.7 cm³/mol. The zero-order valence-electron chi connectivity index (χ0n) is 10.2. The van der Waals surface area contributed by atoms with E-state index in [1.54, 1.807) is 18.3 Å². The molecule has 19 heavy (non-hydrogen) atoms. The van der Waals surface area contributed by atoms with E-state index in [2.05, 4.69) is 15.1 Å². The number of hydrogen-bond donors (Lipinski definition) is 0. The van der Waals surface area contributed by atoms with Gasteiger partial charge in [0.1, 0.15) is 5.15 Å². The van der Waals surface area contributed by atoms with Gasteiger partial charge < -0.3 is 4.52 Å². The summed E-state index contributed by atoms with van der Waals surface area (Å²) in [5.74, 6) is 0.910. The Bertz CT molecular complexity index is 724. The third-order valence-corrected chi connectivity index (χ3v) is 2.99. The van der Waals surface area contributed by atoms with Gasteiger partial charge in [0, 0.05) is 11.8 Å². The lowest BCUT2D eigenvalue weighted by molar-refractivity contribution is 0.432. The van der Waals surface area contributed by atoms with E-state index < -0.39 is 0 Å². The van der Waals surface area contributed by atoms with Gasteiger partial charge in [-0.2, -0.15) is 4.98 Å². The molecule has 0 spiro atoms. The highest BCUT2D eigenvalue weighted by Crippen LogP contribution is 2.26. The molecule has 0 N–H and O–H groups in total. The zero-order valence-corrected chi connectivity index (χ0v) is 10.9. The smallest absolute Gasteiger partial charge is 0.261 e. The van der Waals surface area contributed by atoms with Crippen molar-refractivity contribution in [3.63, 3.8) is 0 Å². The maximum atomic E-state index is 6.00. The van der Waals surface area contributed by atoms with Crippen molar-refractivity contribution in [1.29, 1.82) is 0 Å². The van der Waals surface area contributed by atoms with Crippen LogP contribution in [-0.4, -0.2) is 15.1 Å². The van der Waals surface area contributed by atoms with Crippen LogP contribution in [0.4, 0.5) is 0 Å². The van der Waals surface area contributed by atoms with Gasteiger partial charge in [-0.3, -0.25) is 0 Å². The van der Waals surface area contributed by atoms with Crippen LogP contribution in [0.25, 0.3) is 22.8 Å². The van der Waals surface area contributed by atoms with Gasteiger partial charge in [0.15, 0.2) is 0 Å². The SMILES string of the molecule is Cc1cccc(-c2noc(-c3cccnc3Cl)n2)c1. The fourth-order valence-electron chi connectivity index (χ4n) is 1.78. The lowest BCUT2D eigenvalue weighted by Crippen LogP contribution is -1.84. The van der Waals surface area contributed by atoms with Crippen molar-refractivity contribution in [2.45, 2.75) is 6.92 Å². The van der Waals surface area contributed by atoms with Gasteiger partial charge in [-0.1, -0.05) is 40.5 Å². The van der Waals surface area contributed by atoms with Crippen molar-refractivity contribution >= 4 is 11.6 Å². The van der Waals surface area contributed by atoms with Crippen LogP contribution in [0.2, 0.25) is 5.15 Å². The lowest BCUT2D eigenvalue weighted by atomic mass is 10.1. The molecular formula is C14H10ClN3O. The summed E-state index contributed by atoms with van der Waals surface area (Å²) in [6.45, 7) is 2.02. The molecule has 0 atom stereocenters. The van der Waals surface area contributed by atoms with Crippen molar-refractivity contribution in [1.82, 2.24) is 15.1 Å². The zero-order chi connectivity index (χ0) is 13.2. The Balaban J connectivity index is 2.03. The van der Waals surface area contributed by atoms with Crippen molar-refractivity contribution in [3.05, 3.63) is 53.3 Å². The summed E-state index contributed by atoms with van der Waals surface area (Å²) in [6, 6.07) is 11.5. The first-order valence-corrected chi connectivity index (χ1v) is 6.13. The number of nitrogens with zero attached hydrogens (tertiary/aromatic N) is 3. The van der Waals surface area contributed by atoms with E-state index in [0.717, 1.165) is 11.1 Å². The Kier molecular flexibility index (Phi) is 3.01. The van der Waals surface area contributed by atoms with Crippen LogP contribution in [-0.2, 0) is 0 Å². The fraction of sp³-hybridized carbons (Fsp3) is 0.0714. The molecule has 0 fully saturated rings. The molecule has 94 valence electrons. The fourth-order valence-corrected chi connectivity index (χ4v) is 1.98. The van der Waals surface area contributed by atoms with Crippen molar-refractivity contribution in [2.24, 2.45) is 0 Å². The number of aryl methyl sites for hydroxylation is 1. The second-order valence-corrected chi connectivity index (χ2v) is 4.49. The molecule has 0 saturated heterocycles. The molecule has 0 bridgehead atoms. The van der Waals surface area contributed by atoms with Crippen molar-refractivity contribution in [3.8, 4) is 22.8 Å². The van der Waals surface area contributed by atoms with Gasteiger partial charge in [0.05, 0.1) is 5.56 Å². The quantitative estimate of drug-likeness (QED) is 0.666. The molecule has 2 aromatic heterocycles. The summed E-state index contributed by atoms with van der Waals surface area (Å²) in [4.78, 5) is 8.34. The summed E-state index contributed by atoms with van der Waals surface area (Å²) in [7, 11) is 0. The Morgan fingerprint density at radius 1 is 1.16 bits per heavy atom. The van der Waals surface area contributed by atoms with Gasteiger partial charge in [-0.25, -0.2) is 4.98 Å². The third kappa shape index (κ3) is 2.35. The molecule has 0 amide bonds. The molecule has 0 saturated carbocycles. The molecule has 5 heteroatoms. The van der Waals surface area contributed by atoms with Crippen LogP contribution in [0.15, 0.2) is 47.1 Å². The number of halogens is 1. The highest BCUT2D eigenvalue weighted by molar-refractivity contribution is 6.31. The molecule has 0 aliphatic rings. The number of benzene rings is 1. The molecule has 4 nitrogen and oxygen atoms in total. The van der Waals surface area contributed by atoms with E-state index in [1.165, 1.54) is 0 Å². The Morgan fingerprint density at radius 2 is 2.05 bits per heavy atom. The van der Waals surface area contributed by atoms with E-state index in [1.807, 2.05) is 31.2 Å². The molecule has 3 aromatic rings. The molecule has 2 heterocycles. The summed E-state index contributed by atoms with van der Waals surface area (Å²) >= 11 is 6.00. The van der Waals surface area contributed by atoms with Crippen LogP contribution >= 0.6 is 11.6 Å². The van der Waals surface area contributed by atoms with Gasteiger partial charge in [-0.05, 0) is 25.1 Å². The van der Waals surface area contributed by atoms with Gasteiger partial charge in [-0.15, -0.1) is 0 Å². The van der Waals surface area contributed by atoms with Gasteiger partial charge in [0.25, 0.3) is 5.89 Å². The van der Waals surface area contributed by atoms with Crippen molar-refractivity contribution < 1.29 is 4.52 Å². The van der Waals surface area contributed by atoms with Crippen LogP contribution in [0.1, 0.15) is 5.56 Å². The maximum absolute atomic E-state index is 6.00. The van der Waals surface area contributed by atoms with Gasteiger partial charge in [0.2, 0.25) is 5.82 Å². The average Bonchev–Trinajstić information content (AvgIpc) is 2.89. The molecule has 0 radical (unpaired) electrons. The molecule has 3 rings (SSSR count). The van der Waals surface area contributed by atoms with Gasteiger partial charge >= 0.3 is 0 Å². The molecular weight excluding hydrogens is 262 g/mol. The van der Waals surface area contributed by atoms with Crippen LogP contribution in [0.5, 0.6) is 0 Å². The Labute approximate surface area is 115 Å². The number of rotatable bonds is 2. The highest BCUT2D eigenvalue weighted by Gasteiger charge is 2.13. The van der Waals surface area contributed by atoms with Crippen molar-refractivity contribution in [2.75, 3.05) is 0 Å². The largest absolute Gasteiger partial charge is 0.333 e. The average molecular weight is 272 g/mol. The maximum Gasteiger partial charge on any atom is 0.261 e. The molecule has 1 aromatic carbocycles. The molecule has 0 unspecified atom stereocenters. The van der Waals surface area contributed by atoms with E-state index in [4.69, 9.17) is 16.1 Å². The molecule has 0 aliphatic carbocycles. The van der Waals surface area contributed by atoms with Crippen LogP contribution in [0.3, 0.4) is 0 Å². The minimum atomic E-state index is 0.349. The summed E-state index contributed by atoms with van der Waals surface area (Å²) in [5, 5.41) is 4.32. The highest BCUT2D eigenvalue weighted by atomic mass is 35.5. The van der Waals surface area contributed by atoms with E-state index >= 15 is 0 Å². The Morgan fingerprint density at radius 3 is 2.84 bits per heavy atom. The standard InChI is InChI=1S/C14H10ClN3O/c1-9-4-2-5-10(8-9)13-17-14(19-18-13)11-6-3-7-16-12(11)15/h2-8H,1H3. The van der Waals surface area contributed by atoms with Crippen LogP contribution < -0.4 is 0 Å². The summed E-state index contributed by atoms with van der Waals surface area (Å²) in [6.07, 6.45) is 1.61. The van der Waals surface area contributed by atoms with E-state index in [0.29, 0.717) is 22.4 Å². The Hall–Kier alpha value is -2.20. The third-order valence-electron chi connectivity index (χ3n) is 2.69. The van der Waals surface area contributed by atoms with Crippen LogP contribution in [0, 0.1) is 6.92 Å². The topological polar surface area (TPSA) is 51.8 Å². The normalized spacial score (nSPS) is 10.6. The molecule has 0 aliphatic heterocycles. The monoisotopic (exact) mass is 271 g/mol. The van der Waals surface area contributed by atoms with E-state index in [-0.39, 0.29) is 0 Å². The second kappa shape index (κ2) is 4.82. The number of pyridine rings is 1. The number of hydrogen-bond acceptors (Lipinski definition) is 4. The summed E-state index contributed by atoms with van der Waals surface area (Å²) in [5.41, 5.74) is 2.69. The summed E-state index contributed by atoms with van der Waals surface area (Å²) < 4.78 is 5.24. The first-order valence-electron chi connectivity index (χ1n) is 5.76.